The number of piperazine rings is 1. The number of fused-ring (bicyclic) bond motifs is 1. The van der Waals surface area contributed by atoms with Crippen LogP contribution >= 0.6 is 0 Å². The smallest absolute Gasteiger partial charge is 0.320 e. The van der Waals surface area contributed by atoms with Crippen molar-refractivity contribution in [2.75, 3.05) is 37.6 Å². The van der Waals surface area contributed by atoms with Crippen LogP contribution in [0.2, 0.25) is 0 Å². The Morgan fingerprint density at radius 2 is 1.71 bits per heavy atom. The minimum absolute atomic E-state index is 0.00361. The zero-order chi connectivity index (χ0) is 24.4. The number of anilines is 1. The lowest BCUT2D eigenvalue weighted by Crippen LogP contribution is -2.53. The molecule has 0 saturated carbocycles. The highest BCUT2D eigenvalue weighted by atomic mass is 16.4. The van der Waals surface area contributed by atoms with E-state index in [1.165, 1.54) is 16.3 Å². The zero-order valence-corrected chi connectivity index (χ0v) is 20.6. The van der Waals surface area contributed by atoms with Crippen LogP contribution in [-0.4, -0.2) is 53.5 Å². The van der Waals surface area contributed by atoms with Gasteiger partial charge in [0.15, 0.2) is 11.7 Å². The van der Waals surface area contributed by atoms with E-state index in [0.717, 1.165) is 30.1 Å². The van der Waals surface area contributed by atoms with E-state index in [4.69, 9.17) is 4.42 Å². The average molecular weight is 469 g/mol. The summed E-state index contributed by atoms with van der Waals surface area (Å²) in [5.41, 5.74) is 3.37. The van der Waals surface area contributed by atoms with Crippen molar-refractivity contribution in [2.45, 2.75) is 26.8 Å². The topological polar surface area (TPSA) is 52.8 Å². The quantitative estimate of drug-likeness (QED) is 0.354. The second-order valence-electron chi connectivity index (χ2n) is 9.08. The zero-order valence-electron chi connectivity index (χ0n) is 20.6. The Morgan fingerprint density at radius 3 is 2.40 bits per heavy atom. The van der Waals surface area contributed by atoms with Crippen molar-refractivity contribution in [3.63, 3.8) is 0 Å². The van der Waals surface area contributed by atoms with E-state index in [1.54, 1.807) is 6.20 Å². The molecule has 0 N–H and O–H groups in total. The van der Waals surface area contributed by atoms with E-state index >= 15 is 0 Å². The van der Waals surface area contributed by atoms with Crippen LogP contribution < -0.4 is 4.90 Å². The first-order chi connectivity index (χ1) is 17.0. The number of aryl methyl sites for hydroxylation is 1. The number of urea groups is 1. The second-order valence-corrected chi connectivity index (χ2v) is 9.08. The third-order valence-electron chi connectivity index (χ3n) is 7.02. The number of nitrogens with zero attached hydrogens (tertiary/aromatic N) is 4. The number of amides is 2. The minimum Gasteiger partial charge on any atom is -0.441 e. The number of carbonyl (C=O) groups excluding carboxylic acids is 1. The fourth-order valence-corrected chi connectivity index (χ4v) is 5.03. The number of hydrogen-bond acceptors (Lipinski definition) is 4. The Kier molecular flexibility index (Phi) is 6.45. The predicted molar refractivity (Wildman–Crippen MR) is 141 cm³/mol. The second kappa shape index (κ2) is 9.82. The molecule has 6 heteroatoms. The summed E-state index contributed by atoms with van der Waals surface area (Å²) in [7, 11) is 0. The molecule has 0 bridgehead atoms. The summed E-state index contributed by atoms with van der Waals surface area (Å²) in [4.78, 5) is 24.0. The van der Waals surface area contributed by atoms with E-state index < -0.39 is 0 Å². The van der Waals surface area contributed by atoms with Gasteiger partial charge in [-0.3, -0.25) is 0 Å². The molecule has 1 aliphatic heterocycles. The average Bonchev–Trinajstić information content (AvgIpc) is 3.35. The van der Waals surface area contributed by atoms with Crippen molar-refractivity contribution in [1.29, 1.82) is 0 Å². The van der Waals surface area contributed by atoms with Gasteiger partial charge in [-0.1, -0.05) is 42.5 Å². The third-order valence-corrected chi connectivity index (χ3v) is 7.02. The molecule has 1 aliphatic rings. The fraction of sp³-hybridized carbons (Fsp3) is 0.310. The Morgan fingerprint density at radius 1 is 1.00 bits per heavy atom. The molecule has 4 aromatic rings. The van der Waals surface area contributed by atoms with E-state index in [-0.39, 0.29) is 12.1 Å². The van der Waals surface area contributed by atoms with Crippen LogP contribution in [0.4, 0.5) is 10.5 Å². The largest absolute Gasteiger partial charge is 0.441 e. The molecule has 1 fully saturated rings. The molecular weight excluding hydrogens is 436 g/mol. The van der Waals surface area contributed by atoms with Crippen molar-refractivity contribution in [2.24, 2.45) is 0 Å². The summed E-state index contributed by atoms with van der Waals surface area (Å²) < 4.78 is 5.63. The molecule has 0 unspecified atom stereocenters. The number of rotatable bonds is 5. The summed E-state index contributed by atoms with van der Waals surface area (Å²) in [5.74, 6) is 1.45. The Labute approximate surface area is 206 Å². The van der Waals surface area contributed by atoms with Gasteiger partial charge in [-0.05, 0) is 54.4 Å². The van der Waals surface area contributed by atoms with Crippen molar-refractivity contribution in [3.8, 4) is 11.3 Å². The molecule has 35 heavy (non-hydrogen) atoms. The minimum atomic E-state index is 0.00361. The van der Waals surface area contributed by atoms with Gasteiger partial charge in [-0.2, -0.15) is 0 Å². The SMILES string of the molecule is CCN(C(=O)N1CCN(c2ccc(-c3cnc(C)o3)cc2)CC1)[C@@H](C)c1cccc2ccccc12. The molecule has 0 spiro atoms. The van der Waals surface area contributed by atoms with Crippen LogP contribution in [0.1, 0.15) is 31.3 Å². The molecule has 1 aromatic heterocycles. The molecular formula is C29H32N4O2. The molecule has 3 aromatic carbocycles. The number of hydrogen-bond donors (Lipinski definition) is 0. The van der Waals surface area contributed by atoms with Crippen LogP contribution in [0.15, 0.2) is 77.3 Å². The summed E-state index contributed by atoms with van der Waals surface area (Å²) >= 11 is 0. The summed E-state index contributed by atoms with van der Waals surface area (Å²) in [6, 6.07) is 23.2. The van der Waals surface area contributed by atoms with Gasteiger partial charge >= 0.3 is 6.03 Å². The van der Waals surface area contributed by atoms with Crippen molar-refractivity contribution in [1.82, 2.24) is 14.8 Å². The van der Waals surface area contributed by atoms with Crippen LogP contribution in [0.3, 0.4) is 0 Å². The third kappa shape index (κ3) is 4.61. The van der Waals surface area contributed by atoms with E-state index in [9.17, 15) is 4.79 Å². The summed E-state index contributed by atoms with van der Waals surface area (Å²) in [5, 5.41) is 2.42. The molecule has 5 rings (SSSR count). The first-order valence-electron chi connectivity index (χ1n) is 12.4. The van der Waals surface area contributed by atoms with Gasteiger partial charge < -0.3 is 19.1 Å². The standard InChI is InChI=1S/C29H32N4O2/c1-4-33(21(2)26-11-7-9-23-8-5-6-10-27(23)26)29(34)32-18-16-31(17-19-32)25-14-12-24(13-15-25)28-20-30-22(3)35-28/h5-15,20-21H,4,16-19H2,1-3H3/t21-/m0/s1. The molecule has 0 aliphatic carbocycles. The molecule has 0 radical (unpaired) electrons. The van der Waals surface area contributed by atoms with Crippen LogP contribution in [0.25, 0.3) is 22.1 Å². The van der Waals surface area contributed by atoms with E-state index in [2.05, 4.69) is 90.5 Å². The number of carbonyl (C=O) groups is 1. The van der Waals surface area contributed by atoms with Gasteiger partial charge in [0.2, 0.25) is 0 Å². The lowest BCUT2D eigenvalue weighted by molar-refractivity contribution is 0.137. The van der Waals surface area contributed by atoms with Gasteiger partial charge in [0.1, 0.15) is 0 Å². The molecule has 2 amide bonds. The van der Waals surface area contributed by atoms with Gasteiger partial charge in [-0.15, -0.1) is 0 Å². The van der Waals surface area contributed by atoms with Gasteiger partial charge in [0.05, 0.1) is 12.2 Å². The van der Waals surface area contributed by atoms with E-state index in [1.807, 2.05) is 16.7 Å². The highest BCUT2D eigenvalue weighted by molar-refractivity contribution is 5.86. The normalized spacial score (nSPS) is 14.8. The lowest BCUT2D eigenvalue weighted by Gasteiger charge is -2.40. The summed E-state index contributed by atoms with van der Waals surface area (Å²) in [6.07, 6.45) is 1.76. The Hall–Kier alpha value is -3.80. The first kappa shape index (κ1) is 23.0. The number of aromatic nitrogens is 1. The van der Waals surface area contributed by atoms with Gasteiger partial charge in [0.25, 0.3) is 0 Å². The molecule has 1 saturated heterocycles. The Balaban J connectivity index is 1.25. The lowest BCUT2D eigenvalue weighted by atomic mass is 9.99. The fourth-order valence-electron chi connectivity index (χ4n) is 5.03. The maximum atomic E-state index is 13.5. The van der Waals surface area contributed by atoms with Crippen molar-refractivity contribution in [3.05, 3.63) is 84.4 Å². The van der Waals surface area contributed by atoms with Crippen molar-refractivity contribution < 1.29 is 9.21 Å². The van der Waals surface area contributed by atoms with Gasteiger partial charge in [0, 0.05) is 50.9 Å². The molecule has 2 heterocycles. The first-order valence-corrected chi connectivity index (χ1v) is 12.4. The summed E-state index contributed by atoms with van der Waals surface area (Å²) in [6.45, 7) is 9.76. The van der Waals surface area contributed by atoms with Crippen LogP contribution in [-0.2, 0) is 0 Å². The van der Waals surface area contributed by atoms with Gasteiger partial charge in [-0.25, -0.2) is 9.78 Å². The maximum Gasteiger partial charge on any atom is 0.320 e. The van der Waals surface area contributed by atoms with Crippen LogP contribution in [0, 0.1) is 6.92 Å². The number of benzene rings is 3. The molecule has 6 nitrogen and oxygen atoms in total. The number of oxazole rings is 1. The maximum absolute atomic E-state index is 13.5. The van der Waals surface area contributed by atoms with E-state index in [0.29, 0.717) is 25.5 Å². The molecule has 180 valence electrons. The van der Waals surface area contributed by atoms with Crippen molar-refractivity contribution >= 4 is 22.5 Å². The van der Waals surface area contributed by atoms with Crippen LogP contribution in [0.5, 0.6) is 0 Å². The highest BCUT2D eigenvalue weighted by Crippen LogP contribution is 2.29. The molecule has 1 atom stereocenters. The highest BCUT2D eigenvalue weighted by Gasteiger charge is 2.28. The predicted octanol–water partition coefficient (Wildman–Crippen LogP) is 6.13. The Bertz CT molecular complexity index is 1300. The monoisotopic (exact) mass is 468 g/mol.